The minimum Gasteiger partial charge on any atom is -0.394 e. The number of ether oxygens (including phenoxy) is 2. The number of aliphatic hydroxyl groups is 4. The van der Waals surface area contributed by atoms with Crippen molar-refractivity contribution >= 4 is 0 Å². The summed E-state index contributed by atoms with van der Waals surface area (Å²) in [5, 5.41) is 41.5. The summed E-state index contributed by atoms with van der Waals surface area (Å²) < 4.78 is 11.8. The summed E-state index contributed by atoms with van der Waals surface area (Å²) in [4.78, 5) is 0. The number of fused-ring (bicyclic) bond motifs is 7. The van der Waals surface area contributed by atoms with Crippen LogP contribution in [0.2, 0.25) is 0 Å². The molecule has 0 aromatic carbocycles. The Balaban J connectivity index is 1.28. The van der Waals surface area contributed by atoms with Crippen LogP contribution >= 0.6 is 0 Å². The van der Waals surface area contributed by atoms with Gasteiger partial charge in [0.1, 0.15) is 24.4 Å². The first kappa shape index (κ1) is 31.5. The molecule has 6 aliphatic rings. The predicted molar refractivity (Wildman–Crippen MR) is 163 cm³/mol. The molecule has 1 aliphatic heterocycles. The summed E-state index contributed by atoms with van der Waals surface area (Å²) >= 11 is 0. The standard InChI is InChI=1S/C36H60O6/c1-31(2)15-16-33(5)17-18-35(7)21(22(33)19-31)9-10-25-34(6)13-12-26(32(3,4)24(34)11-14-36(25,35)8)42-29-27(38)23(20-37)41-30(40)28(29)39/h9,22-30,37-40H,10-20H2,1-8H3/t22-,23+,24-,25+,26+,27+,28+,29-,30+,33+,34-,35+,36+/m0/s1. The number of hydrogen-bond donors (Lipinski definition) is 4. The molecule has 4 N–H and O–H groups in total. The summed E-state index contributed by atoms with van der Waals surface area (Å²) in [6.07, 6.45) is 8.73. The fraction of sp³-hybridized carbons (Fsp3) is 0.944. The molecule has 6 heteroatoms. The topological polar surface area (TPSA) is 99.4 Å². The highest BCUT2D eigenvalue weighted by Crippen LogP contribution is 2.75. The van der Waals surface area contributed by atoms with Crippen molar-refractivity contribution in [2.45, 2.75) is 156 Å². The zero-order chi connectivity index (χ0) is 30.7. The Kier molecular flexibility index (Phi) is 7.49. The monoisotopic (exact) mass is 588 g/mol. The molecule has 42 heavy (non-hydrogen) atoms. The third-order valence-corrected chi connectivity index (χ3v) is 15.2. The molecule has 1 heterocycles. The Hall–Kier alpha value is -0.500. The summed E-state index contributed by atoms with van der Waals surface area (Å²) in [6, 6.07) is 0. The van der Waals surface area contributed by atoms with Gasteiger partial charge in [-0.15, -0.1) is 0 Å². The first-order chi connectivity index (χ1) is 19.4. The highest BCUT2D eigenvalue weighted by Gasteiger charge is 2.68. The van der Waals surface area contributed by atoms with E-state index in [0.29, 0.717) is 28.6 Å². The van der Waals surface area contributed by atoms with Crippen LogP contribution in [0.5, 0.6) is 0 Å². The second-order valence-corrected chi connectivity index (χ2v) is 18.0. The Morgan fingerprint density at radius 1 is 0.833 bits per heavy atom. The third kappa shape index (κ3) is 4.31. The molecule has 0 aromatic rings. The van der Waals surface area contributed by atoms with Gasteiger partial charge in [-0.25, -0.2) is 0 Å². The second-order valence-electron chi connectivity index (χ2n) is 18.0. The fourth-order valence-electron chi connectivity index (χ4n) is 12.2. The smallest absolute Gasteiger partial charge is 0.184 e. The van der Waals surface area contributed by atoms with Crippen molar-refractivity contribution in [1.29, 1.82) is 0 Å². The molecule has 6 rings (SSSR count). The zero-order valence-electron chi connectivity index (χ0n) is 27.7. The lowest BCUT2D eigenvalue weighted by atomic mass is 9.33. The Labute approximate surface area is 254 Å². The van der Waals surface area contributed by atoms with E-state index in [1.165, 1.54) is 44.9 Å². The van der Waals surface area contributed by atoms with Crippen LogP contribution in [-0.2, 0) is 9.47 Å². The van der Waals surface area contributed by atoms with Crippen molar-refractivity contribution < 1.29 is 29.9 Å². The lowest BCUT2D eigenvalue weighted by Gasteiger charge is -2.71. The number of allylic oxidation sites excluding steroid dienone is 2. The molecule has 6 nitrogen and oxygen atoms in total. The maximum Gasteiger partial charge on any atom is 0.184 e. The van der Waals surface area contributed by atoms with Gasteiger partial charge in [-0.1, -0.05) is 67.0 Å². The minimum absolute atomic E-state index is 0.163. The summed E-state index contributed by atoms with van der Waals surface area (Å²) in [6.45, 7) is 19.7. The van der Waals surface area contributed by atoms with Crippen molar-refractivity contribution in [1.82, 2.24) is 0 Å². The van der Waals surface area contributed by atoms with Crippen molar-refractivity contribution in [2.75, 3.05) is 6.61 Å². The van der Waals surface area contributed by atoms with Gasteiger partial charge in [-0.2, -0.15) is 0 Å². The largest absolute Gasteiger partial charge is 0.394 e. The Bertz CT molecular complexity index is 1080. The lowest BCUT2D eigenvalue weighted by Crippen LogP contribution is -2.66. The average Bonchev–Trinajstić information content (AvgIpc) is 2.91. The van der Waals surface area contributed by atoms with Crippen LogP contribution in [0, 0.1) is 50.2 Å². The molecule has 0 radical (unpaired) electrons. The molecular weight excluding hydrogens is 528 g/mol. The molecule has 0 aromatic heterocycles. The van der Waals surface area contributed by atoms with Gasteiger partial charge in [0.2, 0.25) is 0 Å². The third-order valence-electron chi connectivity index (χ3n) is 15.2. The first-order valence-corrected chi connectivity index (χ1v) is 17.1. The highest BCUT2D eigenvalue weighted by atomic mass is 16.6. The molecule has 5 fully saturated rings. The van der Waals surface area contributed by atoms with Crippen molar-refractivity contribution in [3.8, 4) is 0 Å². The van der Waals surface area contributed by atoms with E-state index < -0.39 is 37.3 Å². The molecule has 4 saturated carbocycles. The van der Waals surface area contributed by atoms with Gasteiger partial charge in [-0.05, 0) is 114 Å². The summed E-state index contributed by atoms with van der Waals surface area (Å²) in [5.41, 5.74) is 3.19. The highest BCUT2D eigenvalue weighted by molar-refractivity contribution is 5.33. The molecule has 1 saturated heterocycles. The van der Waals surface area contributed by atoms with Crippen molar-refractivity contribution in [2.24, 2.45) is 50.2 Å². The zero-order valence-corrected chi connectivity index (χ0v) is 27.7. The van der Waals surface area contributed by atoms with Gasteiger partial charge in [0.05, 0.1) is 12.7 Å². The van der Waals surface area contributed by atoms with Crippen LogP contribution in [0.15, 0.2) is 11.6 Å². The van der Waals surface area contributed by atoms with Crippen molar-refractivity contribution in [3.05, 3.63) is 11.6 Å². The Morgan fingerprint density at radius 2 is 1.52 bits per heavy atom. The average molecular weight is 589 g/mol. The Morgan fingerprint density at radius 3 is 2.21 bits per heavy atom. The molecule has 0 spiro atoms. The van der Waals surface area contributed by atoms with E-state index in [4.69, 9.17) is 9.47 Å². The van der Waals surface area contributed by atoms with E-state index in [9.17, 15) is 20.4 Å². The van der Waals surface area contributed by atoms with Crippen LogP contribution in [0.4, 0.5) is 0 Å². The van der Waals surface area contributed by atoms with E-state index in [1.54, 1.807) is 5.57 Å². The molecule has 13 atom stereocenters. The summed E-state index contributed by atoms with van der Waals surface area (Å²) in [7, 11) is 0. The maximum absolute atomic E-state index is 10.9. The minimum atomic E-state index is -1.49. The number of hydrogen-bond acceptors (Lipinski definition) is 6. The van der Waals surface area contributed by atoms with E-state index in [-0.39, 0.29) is 27.8 Å². The van der Waals surface area contributed by atoms with Gasteiger partial charge in [0.15, 0.2) is 6.29 Å². The van der Waals surface area contributed by atoms with Gasteiger partial charge >= 0.3 is 0 Å². The maximum atomic E-state index is 10.9. The normalized spacial score (nSPS) is 55.0. The molecule has 0 amide bonds. The molecule has 5 aliphatic carbocycles. The number of aliphatic hydroxyl groups excluding tert-OH is 4. The second kappa shape index (κ2) is 10.00. The number of rotatable bonds is 3. The van der Waals surface area contributed by atoms with Gasteiger partial charge < -0.3 is 29.9 Å². The quantitative estimate of drug-likeness (QED) is 0.302. The van der Waals surface area contributed by atoms with Crippen molar-refractivity contribution in [3.63, 3.8) is 0 Å². The fourth-order valence-corrected chi connectivity index (χ4v) is 12.2. The van der Waals surface area contributed by atoms with E-state index in [2.05, 4.69) is 61.5 Å². The first-order valence-electron chi connectivity index (χ1n) is 17.1. The summed E-state index contributed by atoms with van der Waals surface area (Å²) in [5.74, 6) is 1.77. The molecule has 240 valence electrons. The lowest BCUT2D eigenvalue weighted by molar-refractivity contribution is -0.313. The van der Waals surface area contributed by atoms with Crippen LogP contribution in [0.25, 0.3) is 0 Å². The molecular formula is C36H60O6. The van der Waals surface area contributed by atoms with E-state index in [0.717, 1.165) is 19.3 Å². The molecule has 0 unspecified atom stereocenters. The van der Waals surface area contributed by atoms with Crippen LogP contribution in [0.3, 0.4) is 0 Å². The van der Waals surface area contributed by atoms with Crippen LogP contribution in [-0.4, -0.2) is 63.8 Å². The van der Waals surface area contributed by atoms with Gasteiger partial charge in [-0.3, -0.25) is 0 Å². The van der Waals surface area contributed by atoms with Crippen LogP contribution < -0.4 is 0 Å². The van der Waals surface area contributed by atoms with E-state index >= 15 is 0 Å². The van der Waals surface area contributed by atoms with Gasteiger partial charge in [0, 0.05) is 0 Å². The predicted octanol–water partition coefficient (Wildman–Crippen LogP) is 5.99. The molecule has 0 bridgehead atoms. The van der Waals surface area contributed by atoms with Gasteiger partial charge in [0.25, 0.3) is 0 Å². The van der Waals surface area contributed by atoms with Crippen LogP contribution in [0.1, 0.15) is 120 Å². The van der Waals surface area contributed by atoms with E-state index in [1.807, 2.05) is 0 Å². The SMILES string of the molecule is CC1(C)CC[C@]2(C)CC[C@]3(C)C(=CC[C@@H]4[C@@]5(C)CC[C@@H](O[C@@H]6[C@@H](O)[C@H](O)O[C@H](CO)[C@H]6O)C(C)(C)[C@@H]5CC[C@]43C)[C@@H]2C1.